The monoisotopic (exact) mass is 203 g/mol. The molecule has 0 saturated heterocycles. The van der Waals surface area contributed by atoms with E-state index < -0.39 is 17.8 Å². The van der Waals surface area contributed by atoms with Crippen molar-refractivity contribution in [2.24, 2.45) is 5.73 Å². The van der Waals surface area contributed by atoms with Crippen LogP contribution in [0.5, 0.6) is 0 Å². The van der Waals surface area contributed by atoms with Crippen LogP contribution in [-0.2, 0) is 19.1 Å². The molecule has 0 aromatic heterocycles. The second kappa shape index (κ2) is 6.98. The molecule has 0 atom stereocenters. The van der Waals surface area contributed by atoms with Crippen LogP contribution < -0.4 is 16.4 Å². The van der Waals surface area contributed by atoms with Crippen molar-refractivity contribution in [3.63, 3.8) is 0 Å². The van der Waals surface area contributed by atoms with Gasteiger partial charge >= 0.3 is 11.9 Å². The normalized spacial score (nSPS) is 9.29. The molecular formula is C7H13N3O4. The lowest BCUT2D eigenvalue weighted by Gasteiger charge is -2.03. The largest absolute Gasteiger partial charge is 0.391 e. The van der Waals surface area contributed by atoms with Gasteiger partial charge in [0.25, 0.3) is 0 Å². The van der Waals surface area contributed by atoms with Crippen molar-refractivity contribution in [1.82, 2.24) is 10.6 Å². The van der Waals surface area contributed by atoms with E-state index in [9.17, 15) is 14.4 Å². The first-order valence-electron chi connectivity index (χ1n) is 3.95. The van der Waals surface area contributed by atoms with Gasteiger partial charge in [0.1, 0.15) is 6.54 Å². The molecule has 0 heterocycles. The Morgan fingerprint density at radius 1 is 1.21 bits per heavy atom. The van der Waals surface area contributed by atoms with Gasteiger partial charge < -0.3 is 21.1 Å². The summed E-state index contributed by atoms with van der Waals surface area (Å²) in [5.74, 6) is -1.99. The highest BCUT2D eigenvalue weighted by Gasteiger charge is 2.09. The van der Waals surface area contributed by atoms with Crippen LogP contribution in [0.15, 0.2) is 0 Å². The van der Waals surface area contributed by atoms with Crippen LogP contribution in [0.25, 0.3) is 0 Å². The minimum Gasteiger partial charge on any atom is -0.391 e. The predicted octanol–water partition coefficient (Wildman–Crippen LogP) is -2.65. The smallest absolute Gasteiger partial charge is 0.333 e. The quantitative estimate of drug-likeness (QED) is 0.332. The molecule has 0 unspecified atom stereocenters. The van der Waals surface area contributed by atoms with Gasteiger partial charge in [-0.05, 0) is 7.05 Å². The highest BCUT2D eigenvalue weighted by Crippen LogP contribution is 1.78. The van der Waals surface area contributed by atoms with Crippen molar-refractivity contribution in [1.29, 1.82) is 0 Å². The zero-order valence-corrected chi connectivity index (χ0v) is 7.83. The lowest BCUT2D eigenvalue weighted by molar-refractivity contribution is -0.158. The summed E-state index contributed by atoms with van der Waals surface area (Å²) >= 11 is 0. The number of amides is 1. The van der Waals surface area contributed by atoms with Crippen molar-refractivity contribution < 1.29 is 19.1 Å². The summed E-state index contributed by atoms with van der Waals surface area (Å²) in [4.78, 5) is 32.1. The van der Waals surface area contributed by atoms with E-state index in [0.29, 0.717) is 0 Å². The Morgan fingerprint density at radius 3 is 2.29 bits per heavy atom. The maximum atomic E-state index is 10.8. The number of rotatable bonds is 5. The van der Waals surface area contributed by atoms with Crippen LogP contribution in [0.3, 0.4) is 0 Å². The highest BCUT2D eigenvalue weighted by molar-refractivity contribution is 5.89. The van der Waals surface area contributed by atoms with Gasteiger partial charge in [0.05, 0.1) is 13.1 Å². The topological polar surface area (TPSA) is 111 Å². The molecule has 80 valence electrons. The number of ether oxygens (including phenoxy) is 1. The molecule has 7 heteroatoms. The molecule has 0 aliphatic carbocycles. The molecule has 4 N–H and O–H groups in total. The van der Waals surface area contributed by atoms with E-state index in [4.69, 9.17) is 5.73 Å². The number of carbonyl (C=O) groups excluding carboxylic acids is 3. The first kappa shape index (κ1) is 12.5. The van der Waals surface area contributed by atoms with Crippen molar-refractivity contribution >= 4 is 17.8 Å². The molecule has 0 bridgehead atoms. The van der Waals surface area contributed by atoms with Crippen molar-refractivity contribution in [2.75, 3.05) is 26.7 Å². The lowest BCUT2D eigenvalue weighted by atomic mass is 10.5. The highest BCUT2D eigenvalue weighted by atomic mass is 16.6. The first-order chi connectivity index (χ1) is 6.60. The van der Waals surface area contributed by atoms with Crippen molar-refractivity contribution in [3.8, 4) is 0 Å². The van der Waals surface area contributed by atoms with Crippen LogP contribution in [0, 0.1) is 0 Å². The summed E-state index contributed by atoms with van der Waals surface area (Å²) in [6, 6.07) is 0. The maximum absolute atomic E-state index is 10.8. The van der Waals surface area contributed by atoms with Gasteiger partial charge in [0, 0.05) is 0 Å². The third kappa shape index (κ3) is 6.09. The Kier molecular flexibility index (Phi) is 6.25. The van der Waals surface area contributed by atoms with Crippen LogP contribution in [0.2, 0.25) is 0 Å². The third-order valence-corrected chi connectivity index (χ3v) is 1.16. The van der Waals surface area contributed by atoms with Gasteiger partial charge in [-0.3, -0.25) is 9.59 Å². The number of hydrogen-bond acceptors (Lipinski definition) is 6. The summed E-state index contributed by atoms with van der Waals surface area (Å²) in [6.45, 7) is -0.625. The fraction of sp³-hybridized carbons (Fsp3) is 0.571. The van der Waals surface area contributed by atoms with Gasteiger partial charge in [-0.25, -0.2) is 4.79 Å². The Balaban J connectivity index is 3.65. The first-order valence-corrected chi connectivity index (χ1v) is 3.95. The molecule has 14 heavy (non-hydrogen) atoms. The molecule has 0 radical (unpaired) electrons. The van der Waals surface area contributed by atoms with Crippen molar-refractivity contribution in [2.45, 2.75) is 0 Å². The van der Waals surface area contributed by atoms with E-state index >= 15 is 0 Å². The van der Waals surface area contributed by atoms with E-state index in [-0.39, 0.29) is 19.6 Å². The van der Waals surface area contributed by atoms with E-state index in [1.54, 1.807) is 7.05 Å². The fourth-order valence-corrected chi connectivity index (χ4v) is 0.586. The second-order valence-electron chi connectivity index (χ2n) is 2.36. The molecule has 1 amide bonds. The number of nitrogens with two attached hydrogens (primary N) is 1. The molecule has 0 aliphatic heterocycles. The number of nitrogens with one attached hydrogen (secondary N) is 2. The Labute approximate surface area is 81.0 Å². The molecule has 0 rings (SSSR count). The summed E-state index contributed by atoms with van der Waals surface area (Å²) < 4.78 is 4.29. The Hall–Kier alpha value is -1.47. The van der Waals surface area contributed by atoms with Gasteiger partial charge in [0.15, 0.2) is 0 Å². The molecule has 7 nitrogen and oxygen atoms in total. The lowest BCUT2D eigenvalue weighted by Crippen LogP contribution is -2.36. The fourth-order valence-electron chi connectivity index (χ4n) is 0.586. The Morgan fingerprint density at radius 2 is 1.79 bits per heavy atom. The molecule has 0 aliphatic rings. The second-order valence-corrected chi connectivity index (χ2v) is 2.36. The van der Waals surface area contributed by atoms with Gasteiger partial charge in [0.2, 0.25) is 5.91 Å². The molecule has 0 fully saturated rings. The summed E-state index contributed by atoms with van der Waals surface area (Å²) in [5, 5.41) is 4.68. The van der Waals surface area contributed by atoms with E-state index in [2.05, 4.69) is 15.4 Å². The van der Waals surface area contributed by atoms with Crippen LogP contribution >= 0.6 is 0 Å². The number of likely N-dealkylation sites (N-methyl/N-ethyl adjacent to an activating group) is 1. The average Bonchev–Trinajstić information content (AvgIpc) is 2.14. The van der Waals surface area contributed by atoms with E-state index in [1.165, 1.54) is 0 Å². The summed E-state index contributed by atoms with van der Waals surface area (Å²) in [6.07, 6.45) is 0. The van der Waals surface area contributed by atoms with E-state index in [0.717, 1.165) is 0 Å². The van der Waals surface area contributed by atoms with Crippen LogP contribution in [-0.4, -0.2) is 44.5 Å². The molecule has 0 spiro atoms. The minimum atomic E-state index is -0.813. The number of esters is 2. The molecule has 0 aromatic carbocycles. The van der Waals surface area contributed by atoms with Crippen molar-refractivity contribution in [3.05, 3.63) is 0 Å². The molecular weight excluding hydrogens is 190 g/mol. The number of carbonyl (C=O) groups is 3. The predicted molar refractivity (Wildman–Crippen MR) is 47.1 cm³/mol. The SMILES string of the molecule is CNCC(=O)OC(=O)CNC(=O)CN. The van der Waals surface area contributed by atoms with Crippen LogP contribution in [0.1, 0.15) is 0 Å². The summed E-state index contributed by atoms with van der Waals surface area (Å²) in [5.41, 5.74) is 4.97. The van der Waals surface area contributed by atoms with Crippen LogP contribution in [0.4, 0.5) is 0 Å². The average molecular weight is 203 g/mol. The number of hydrogen-bond donors (Lipinski definition) is 3. The van der Waals surface area contributed by atoms with Gasteiger partial charge in [-0.1, -0.05) is 0 Å². The third-order valence-electron chi connectivity index (χ3n) is 1.16. The molecule has 0 aromatic rings. The summed E-state index contributed by atoms with van der Waals surface area (Å²) in [7, 11) is 1.54. The zero-order valence-electron chi connectivity index (χ0n) is 7.83. The maximum Gasteiger partial charge on any atom is 0.333 e. The minimum absolute atomic E-state index is 0.0590. The zero-order chi connectivity index (χ0) is 11.0. The Bertz CT molecular complexity index is 229. The van der Waals surface area contributed by atoms with E-state index in [1.807, 2.05) is 0 Å². The standard InChI is InChI=1S/C7H13N3O4/c1-9-3-6(12)14-7(13)4-10-5(11)2-8/h9H,2-4,8H2,1H3,(H,10,11). The van der Waals surface area contributed by atoms with Gasteiger partial charge in [-0.2, -0.15) is 0 Å². The molecule has 0 saturated carbocycles. The van der Waals surface area contributed by atoms with Gasteiger partial charge in [-0.15, -0.1) is 0 Å².